The zero-order valence-electron chi connectivity index (χ0n) is 18.9. The molecule has 0 bridgehead atoms. The van der Waals surface area contributed by atoms with E-state index in [0.29, 0.717) is 36.4 Å². The molecule has 2 N–H and O–H groups in total. The van der Waals surface area contributed by atoms with Gasteiger partial charge >= 0.3 is 12.2 Å². The Morgan fingerprint density at radius 2 is 1.97 bits per heavy atom. The molecule has 12 heteroatoms. The lowest BCUT2D eigenvalue weighted by Crippen LogP contribution is -2.44. The van der Waals surface area contributed by atoms with Crippen molar-refractivity contribution in [3.8, 4) is 0 Å². The van der Waals surface area contributed by atoms with Crippen molar-refractivity contribution < 1.29 is 22.4 Å². The second-order valence-corrected chi connectivity index (χ2v) is 8.24. The van der Waals surface area contributed by atoms with E-state index in [1.54, 1.807) is 32.4 Å². The number of hydrogen-bond acceptors (Lipinski definition) is 5. The lowest BCUT2D eigenvalue weighted by atomic mass is 10.0. The van der Waals surface area contributed by atoms with Gasteiger partial charge in [0.25, 0.3) is 0 Å². The minimum absolute atomic E-state index is 0.156. The van der Waals surface area contributed by atoms with Crippen LogP contribution in [0, 0.1) is 5.82 Å². The van der Waals surface area contributed by atoms with E-state index in [-0.39, 0.29) is 17.7 Å². The summed E-state index contributed by atoms with van der Waals surface area (Å²) in [6, 6.07) is 4.45. The van der Waals surface area contributed by atoms with E-state index in [2.05, 4.69) is 20.6 Å². The first-order chi connectivity index (χ1) is 16.5. The second-order valence-electron chi connectivity index (χ2n) is 8.24. The Bertz CT molecular complexity index is 1320. The first-order valence-corrected chi connectivity index (χ1v) is 10.7. The molecule has 4 rings (SSSR count). The van der Waals surface area contributed by atoms with Crippen LogP contribution in [-0.4, -0.2) is 32.0 Å². The lowest BCUT2D eigenvalue weighted by Gasteiger charge is -2.29. The van der Waals surface area contributed by atoms with Crippen molar-refractivity contribution in [3.63, 3.8) is 0 Å². The van der Waals surface area contributed by atoms with E-state index < -0.39 is 29.6 Å². The number of nitrogens with zero attached hydrogens (tertiary/aromatic N) is 4. The number of aromatic nitrogens is 3. The molecule has 0 unspecified atom stereocenters. The normalized spacial score (nSPS) is 14.3. The van der Waals surface area contributed by atoms with Crippen molar-refractivity contribution in [1.29, 1.82) is 0 Å². The zero-order chi connectivity index (χ0) is 25.3. The number of benzene rings is 1. The number of anilines is 2. The molecular formula is C23H22F4N6O2. The molecule has 2 aromatic heterocycles. The van der Waals surface area contributed by atoms with Crippen LogP contribution in [0.15, 0.2) is 47.5 Å². The minimum Gasteiger partial charge on any atom is -0.331 e. The van der Waals surface area contributed by atoms with Gasteiger partial charge in [0.2, 0.25) is 11.5 Å². The molecule has 1 aliphatic heterocycles. The molecule has 0 aliphatic carbocycles. The summed E-state index contributed by atoms with van der Waals surface area (Å²) < 4.78 is 53.7. The van der Waals surface area contributed by atoms with E-state index in [1.165, 1.54) is 15.5 Å². The number of urea groups is 1. The van der Waals surface area contributed by atoms with Gasteiger partial charge in [-0.1, -0.05) is 6.07 Å². The molecule has 0 fully saturated rings. The summed E-state index contributed by atoms with van der Waals surface area (Å²) in [5, 5.41) is 5.72. The molecule has 8 nitrogen and oxygen atoms in total. The Labute approximate surface area is 197 Å². The molecule has 0 spiro atoms. The van der Waals surface area contributed by atoms with Crippen LogP contribution >= 0.6 is 0 Å². The highest BCUT2D eigenvalue weighted by Crippen LogP contribution is 2.32. The van der Waals surface area contributed by atoms with Crippen LogP contribution < -0.4 is 16.2 Å². The molecule has 35 heavy (non-hydrogen) atoms. The maximum Gasteiger partial charge on any atom is 0.419 e. The van der Waals surface area contributed by atoms with Crippen molar-refractivity contribution in [2.75, 3.05) is 11.9 Å². The highest BCUT2D eigenvalue weighted by Gasteiger charge is 2.34. The van der Waals surface area contributed by atoms with Gasteiger partial charge in [0, 0.05) is 32.1 Å². The van der Waals surface area contributed by atoms with Crippen LogP contribution in [0.3, 0.4) is 0 Å². The fourth-order valence-corrected chi connectivity index (χ4v) is 3.72. The molecule has 1 aromatic carbocycles. The van der Waals surface area contributed by atoms with Crippen molar-refractivity contribution in [2.45, 2.75) is 32.1 Å². The smallest absolute Gasteiger partial charge is 0.331 e. The number of halogens is 4. The van der Waals surface area contributed by atoms with Gasteiger partial charge in [-0.05, 0) is 42.7 Å². The Kier molecular flexibility index (Phi) is 6.46. The standard InChI is InChI=1S/C23H22F4N6O2/c1-13(14-3-5-17(18(24)9-14)23(25,26)27)29-22(35)33-8-7-15-10-28-21(31-19(15)12-33)30-16-4-6-20(34)32(2)11-16/h3-6,9-11,13H,7-8,12H2,1-2H3,(H,29,35)(H,28,30,31)/t13-/m1/s1. The summed E-state index contributed by atoms with van der Waals surface area (Å²) >= 11 is 0. The van der Waals surface area contributed by atoms with Crippen LogP contribution in [0.5, 0.6) is 0 Å². The number of alkyl halides is 3. The topological polar surface area (TPSA) is 92.2 Å². The number of pyridine rings is 1. The fourth-order valence-electron chi connectivity index (χ4n) is 3.72. The molecule has 2 amide bonds. The van der Waals surface area contributed by atoms with Gasteiger partial charge < -0.3 is 20.1 Å². The summed E-state index contributed by atoms with van der Waals surface area (Å²) in [4.78, 5) is 34.6. The molecule has 3 heterocycles. The monoisotopic (exact) mass is 490 g/mol. The van der Waals surface area contributed by atoms with Gasteiger partial charge in [-0.15, -0.1) is 0 Å². The summed E-state index contributed by atoms with van der Waals surface area (Å²) in [5.41, 5.74) is 0.855. The number of hydrogen-bond donors (Lipinski definition) is 2. The first-order valence-electron chi connectivity index (χ1n) is 10.7. The maximum absolute atomic E-state index is 13.9. The van der Waals surface area contributed by atoms with Gasteiger partial charge in [0.05, 0.1) is 29.5 Å². The molecule has 0 saturated heterocycles. The molecule has 1 aliphatic rings. The van der Waals surface area contributed by atoms with Crippen LogP contribution in [0.4, 0.5) is 34.0 Å². The van der Waals surface area contributed by atoms with Crippen molar-refractivity contribution in [3.05, 3.63) is 81.3 Å². The predicted octanol–water partition coefficient (Wildman–Crippen LogP) is 3.91. The van der Waals surface area contributed by atoms with E-state index in [9.17, 15) is 27.2 Å². The molecule has 1 atom stereocenters. The quantitative estimate of drug-likeness (QED) is 0.542. The molecule has 184 valence electrons. The molecule has 3 aromatic rings. The van der Waals surface area contributed by atoms with Gasteiger partial charge in [0.15, 0.2) is 0 Å². The third-order valence-electron chi connectivity index (χ3n) is 5.71. The molecular weight excluding hydrogens is 468 g/mol. The Balaban J connectivity index is 1.43. The van der Waals surface area contributed by atoms with E-state index in [4.69, 9.17) is 0 Å². The number of nitrogens with one attached hydrogen (secondary N) is 2. The molecule has 0 radical (unpaired) electrons. The largest absolute Gasteiger partial charge is 0.419 e. The Hall–Kier alpha value is -3.96. The lowest BCUT2D eigenvalue weighted by molar-refractivity contribution is -0.140. The summed E-state index contributed by atoms with van der Waals surface area (Å²) in [7, 11) is 1.62. The average molecular weight is 490 g/mol. The zero-order valence-corrected chi connectivity index (χ0v) is 18.9. The highest BCUT2D eigenvalue weighted by molar-refractivity contribution is 5.75. The van der Waals surface area contributed by atoms with E-state index >= 15 is 0 Å². The summed E-state index contributed by atoms with van der Waals surface area (Å²) in [6.45, 7) is 2.15. The van der Waals surface area contributed by atoms with E-state index in [0.717, 1.165) is 17.7 Å². The van der Waals surface area contributed by atoms with Crippen LogP contribution in [0.1, 0.15) is 35.3 Å². The van der Waals surface area contributed by atoms with Crippen molar-refractivity contribution in [1.82, 2.24) is 24.8 Å². The van der Waals surface area contributed by atoms with Gasteiger partial charge in [-0.2, -0.15) is 13.2 Å². The maximum atomic E-state index is 13.9. The Morgan fingerprint density at radius 3 is 2.66 bits per heavy atom. The van der Waals surface area contributed by atoms with E-state index in [1.807, 2.05) is 0 Å². The van der Waals surface area contributed by atoms with Crippen molar-refractivity contribution >= 4 is 17.7 Å². The number of rotatable bonds is 4. The van der Waals surface area contributed by atoms with Crippen LogP contribution in [0.2, 0.25) is 0 Å². The van der Waals surface area contributed by atoms with Crippen molar-refractivity contribution in [2.24, 2.45) is 7.05 Å². The average Bonchev–Trinajstić information content (AvgIpc) is 2.80. The third kappa shape index (κ3) is 5.42. The van der Waals surface area contributed by atoms with Gasteiger partial charge in [-0.25, -0.2) is 19.2 Å². The number of aryl methyl sites for hydroxylation is 1. The summed E-state index contributed by atoms with van der Waals surface area (Å²) in [5.74, 6) is -1.09. The molecule has 0 saturated carbocycles. The SMILES string of the molecule is C[C@@H](NC(=O)N1CCc2cnc(Nc3ccc(=O)n(C)c3)nc2C1)c1ccc(C(F)(F)F)c(F)c1. The number of carbonyl (C=O) groups excluding carboxylic acids is 1. The number of fused-ring (bicyclic) bond motifs is 1. The van der Waals surface area contributed by atoms with Crippen LogP contribution in [0.25, 0.3) is 0 Å². The summed E-state index contributed by atoms with van der Waals surface area (Å²) in [6.07, 6.45) is -0.985. The predicted molar refractivity (Wildman–Crippen MR) is 119 cm³/mol. The second kappa shape index (κ2) is 9.35. The number of carbonyl (C=O) groups is 1. The Morgan fingerprint density at radius 1 is 1.20 bits per heavy atom. The fraction of sp³-hybridized carbons (Fsp3) is 0.304. The van der Waals surface area contributed by atoms with Crippen LogP contribution in [-0.2, 0) is 26.2 Å². The van der Waals surface area contributed by atoms with Gasteiger partial charge in [0.1, 0.15) is 5.82 Å². The minimum atomic E-state index is -4.79. The number of amides is 2. The first kappa shape index (κ1) is 24.2. The highest BCUT2D eigenvalue weighted by atomic mass is 19.4. The third-order valence-corrected chi connectivity index (χ3v) is 5.71. The van der Waals surface area contributed by atoms with Gasteiger partial charge in [-0.3, -0.25) is 4.79 Å².